The Bertz CT molecular complexity index is 3470. The number of aryl methyl sites for hydroxylation is 2. The van der Waals surface area contributed by atoms with Crippen LogP contribution in [0.25, 0.3) is 0 Å². The summed E-state index contributed by atoms with van der Waals surface area (Å²) < 4.78 is 84.7. The van der Waals surface area contributed by atoms with Gasteiger partial charge >= 0.3 is 5.97 Å². The summed E-state index contributed by atoms with van der Waals surface area (Å²) in [5.41, 5.74) is 4.05. The minimum absolute atomic E-state index is 0. The van der Waals surface area contributed by atoms with Gasteiger partial charge in [-0.15, -0.1) is 0 Å². The number of benzene rings is 2. The van der Waals surface area contributed by atoms with Gasteiger partial charge in [0.2, 0.25) is 20.0 Å². The van der Waals surface area contributed by atoms with Crippen molar-refractivity contribution in [3.05, 3.63) is 128 Å². The van der Waals surface area contributed by atoms with E-state index in [1.54, 1.807) is 47.6 Å². The van der Waals surface area contributed by atoms with Crippen LogP contribution in [0.3, 0.4) is 0 Å². The molecule has 21 nitrogen and oxygen atoms in total. The average Bonchev–Trinajstić information content (AvgIpc) is 1.48. The van der Waals surface area contributed by atoms with Crippen molar-refractivity contribution in [2.45, 2.75) is 178 Å². The summed E-state index contributed by atoms with van der Waals surface area (Å²) in [6.45, 7) is 26.9. The van der Waals surface area contributed by atoms with E-state index in [1.165, 1.54) is 38.2 Å². The number of hydrogen-bond acceptors (Lipinski definition) is 15. The van der Waals surface area contributed by atoms with E-state index in [4.69, 9.17) is 5.11 Å². The number of sulfonamides is 2. The van der Waals surface area contributed by atoms with Gasteiger partial charge in [-0.05, 0) is 179 Å². The molecule has 2 saturated carbocycles. The highest BCUT2D eigenvalue weighted by Crippen LogP contribution is 2.44. The largest absolute Gasteiger partial charge is 0.711 e. The standard InChI is InChI=1S/C33H47FN6O4S.C26H41FN4O2S.C7H8N2O3.B/c1-23-21-37(33(4)12-16-36(17-13-33)32(41)30-24(2)35-22-40(42)25(30)3)18-19-39(23)31(27-6-5-7-28(34)20-27)26-10-14-38(15-11-26)45(43,44)29-8-9-29;1-20-19-29(26(2)10-12-28-13-11-26)16-17-31(20)25(22-4-3-5-23(27)18-22)21-8-14-30(15-9-21)34(32,33)24-6-7-24;1-4-6(7(10)11)5(2)9(12)3-8-4;/h5-7,20,22-23,26,29,31H,8-19,21H2,1-4H3;3-5,18,20-21,24-25,28H,6-17,19H2,1-2H3;3H,1-2H3,(H,10,11);/t23-,31?;20-,25?;;/m00../s1. The number of nitrogens with zero attached hydrogens (tertiary/aromatic N) is 11. The molecule has 0 bridgehead atoms. The summed E-state index contributed by atoms with van der Waals surface area (Å²) in [5, 5.41) is 34.8. The zero-order chi connectivity index (χ0) is 65.3. The van der Waals surface area contributed by atoms with Crippen molar-refractivity contribution in [3.63, 3.8) is 0 Å². The van der Waals surface area contributed by atoms with Gasteiger partial charge in [0.05, 0.1) is 10.5 Å². The molecule has 2 aromatic heterocycles. The number of piperazine rings is 2. The van der Waals surface area contributed by atoms with Crippen LogP contribution in [0.5, 0.6) is 0 Å². The smallest absolute Gasteiger partial charge is 0.343 e. The van der Waals surface area contributed by atoms with Gasteiger partial charge in [-0.1, -0.05) is 34.2 Å². The predicted molar refractivity (Wildman–Crippen MR) is 348 cm³/mol. The van der Waals surface area contributed by atoms with E-state index in [0.717, 1.165) is 134 Å². The Morgan fingerprint density at radius 2 is 0.989 bits per heavy atom. The molecular formula is C66H96BF2N12O9S2. The van der Waals surface area contributed by atoms with Crippen LogP contribution in [0.4, 0.5) is 8.78 Å². The second kappa shape index (κ2) is 29.4. The summed E-state index contributed by atoms with van der Waals surface area (Å²) in [4.78, 5) is 44.0. The molecule has 1 amide bonds. The molecule has 2 aliphatic carbocycles. The summed E-state index contributed by atoms with van der Waals surface area (Å²) in [6.07, 6.45) is 12.7. The lowest BCUT2D eigenvalue weighted by Crippen LogP contribution is -2.63. The third kappa shape index (κ3) is 15.6. The molecule has 4 aromatic rings. The second-order valence-corrected chi connectivity index (χ2v) is 32.0. The summed E-state index contributed by atoms with van der Waals surface area (Å²) in [5.74, 6) is -1.11. The molecule has 26 heteroatoms. The number of carbonyl (C=O) groups excluding carboxylic acids is 1. The number of aromatic nitrogens is 4. The topological polar surface area (TPSA) is 237 Å². The first-order chi connectivity index (χ1) is 43.2. The number of rotatable bonds is 14. The predicted octanol–water partition coefficient (Wildman–Crippen LogP) is 6.29. The number of carboxylic acid groups (broad SMARTS) is 1. The highest BCUT2D eigenvalue weighted by molar-refractivity contribution is 7.90. The first kappa shape index (κ1) is 71.0. The van der Waals surface area contributed by atoms with Crippen molar-refractivity contribution < 1.29 is 49.8 Å². The van der Waals surface area contributed by atoms with Gasteiger partial charge in [-0.2, -0.15) is 0 Å². The van der Waals surface area contributed by atoms with E-state index in [-0.39, 0.29) is 82.8 Å². The maximum Gasteiger partial charge on any atom is 0.343 e. The molecule has 2 N–H and O–H groups in total. The third-order valence-electron chi connectivity index (χ3n) is 21.5. The maximum atomic E-state index is 14.5. The highest BCUT2D eigenvalue weighted by Gasteiger charge is 2.48. The monoisotopic (exact) mass is 1310 g/mol. The van der Waals surface area contributed by atoms with Crippen molar-refractivity contribution in [1.29, 1.82) is 0 Å². The van der Waals surface area contributed by atoms with Crippen molar-refractivity contribution in [2.24, 2.45) is 11.8 Å². The molecule has 8 fully saturated rings. The van der Waals surface area contributed by atoms with Crippen LogP contribution in [0, 0.1) is 61.6 Å². The van der Waals surface area contributed by atoms with Crippen LogP contribution in [-0.4, -0.2) is 211 Å². The third-order valence-corrected chi connectivity index (χ3v) is 26.3. The molecule has 0 spiro atoms. The van der Waals surface area contributed by atoms with E-state index in [9.17, 15) is 45.6 Å². The van der Waals surface area contributed by atoms with Gasteiger partial charge in [0, 0.05) is 136 Å². The number of carbonyl (C=O) groups is 2. The number of aromatic carboxylic acids is 1. The fraction of sp³-hybridized carbons (Fsp3) is 0.667. The summed E-state index contributed by atoms with van der Waals surface area (Å²) >= 11 is 0. The molecule has 4 atom stereocenters. The first-order valence-corrected chi connectivity index (χ1v) is 36.1. The Morgan fingerprint density at radius 1 is 0.598 bits per heavy atom. The maximum absolute atomic E-state index is 14.5. The van der Waals surface area contributed by atoms with Gasteiger partial charge in [0.15, 0.2) is 11.4 Å². The van der Waals surface area contributed by atoms with Crippen LogP contribution in [-0.2, 0) is 20.0 Å². The zero-order valence-corrected chi connectivity index (χ0v) is 56.7. The van der Waals surface area contributed by atoms with E-state index < -0.39 is 26.0 Å². The zero-order valence-electron chi connectivity index (χ0n) is 55.1. The van der Waals surface area contributed by atoms with Crippen LogP contribution in [0.15, 0.2) is 61.2 Å². The van der Waals surface area contributed by atoms with Crippen molar-refractivity contribution in [3.8, 4) is 0 Å². The molecule has 8 heterocycles. The molecule has 12 rings (SSSR count). The number of likely N-dealkylation sites (tertiary alicyclic amines) is 1. The van der Waals surface area contributed by atoms with Gasteiger partial charge in [-0.3, -0.25) is 24.4 Å². The lowest BCUT2D eigenvalue weighted by molar-refractivity contribution is -0.616. The summed E-state index contributed by atoms with van der Waals surface area (Å²) in [6, 6.07) is 14.8. The number of amides is 1. The average molecular weight is 1310 g/mol. The number of halogens is 2. The number of nitrogens with one attached hydrogen (secondary N) is 1. The molecule has 2 aromatic carbocycles. The summed E-state index contributed by atoms with van der Waals surface area (Å²) in [7, 11) is -6.32. The van der Waals surface area contributed by atoms with Gasteiger partial charge in [-0.25, -0.2) is 48.5 Å². The van der Waals surface area contributed by atoms with Gasteiger partial charge < -0.3 is 25.7 Å². The molecule has 3 radical (unpaired) electrons. The Hall–Kier alpha value is -5.32. The molecule has 6 aliphatic heterocycles. The van der Waals surface area contributed by atoms with Crippen molar-refractivity contribution in [2.75, 3.05) is 91.6 Å². The fourth-order valence-electron chi connectivity index (χ4n) is 15.5. The molecule has 6 saturated heterocycles. The number of hydrogen-bond donors (Lipinski definition) is 2. The van der Waals surface area contributed by atoms with Crippen LogP contribution >= 0.6 is 0 Å². The first-order valence-electron chi connectivity index (χ1n) is 33.0. The molecule has 2 unspecified atom stereocenters. The van der Waals surface area contributed by atoms with Crippen LogP contribution < -0.4 is 14.8 Å². The Labute approximate surface area is 545 Å². The van der Waals surface area contributed by atoms with E-state index in [2.05, 4.69) is 68.6 Å². The van der Waals surface area contributed by atoms with Crippen LogP contribution in [0.2, 0.25) is 0 Å². The molecule has 8 aliphatic rings. The lowest BCUT2D eigenvalue weighted by atomic mass is 9.82. The van der Waals surface area contributed by atoms with Gasteiger partial charge in [0.25, 0.3) is 18.6 Å². The van der Waals surface area contributed by atoms with Gasteiger partial charge in [0.1, 0.15) is 34.1 Å². The Balaban J connectivity index is 0.000000187. The normalized spacial score (nSPS) is 24.3. The molecule has 92 heavy (non-hydrogen) atoms. The highest BCUT2D eigenvalue weighted by atomic mass is 32.2. The SMILES string of the molecule is C[C@H]1CN(C2(C)CCNCC2)CCN1C(c1cccc(F)c1)C1CCN(S(=O)(=O)C2CC2)CC1.Cc1nc[n+]([O-])c(C)c1C(=O)N1CCC(C)(N2CCN(C(c3cccc(F)c3)C3CCN(S(=O)(=O)C4CC4)CC3)[C@@H](C)C2)CC1.Cc1nc[n+]([O-])c(C)c1C(=O)O.[B]. The fourth-order valence-corrected chi connectivity index (χ4v) is 19.3. The van der Waals surface area contributed by atoms with Crippen molar-refractivity contribution in [1.82, 2.24) is 48.4 Å². The molecular weight excluding hydrogens is 1220 g/mol. The Kier molecular flexibility index (Phi) is 22.7. The van der Waals surface area contributed by atoms with Crippen LogP contribution in [0.1, 0.15) is 171 Å². The number of piperidine rings is 4. The minimum Gasteiger partial charge on any atom is -0.711 e. The Morgan fingerprint density at radius 3 is 1.36 bits per heavy atom. The lowest BCUT2D eigenvalue weighted by Gasteiger charge is -2.54. The molecule has 503 valence electrons. The van der Waals surface area contributed by atoms with E-state index >= 15 is 0 Å². The van der Waals surface area contributed by atoms with Crippen molar-refractivity contribution >= 4 is 40.3 Å². The number of carboxylic acids is 1. The quantitative estimate of drug-likeness (QED) is 0.0802. The van der Waals surface area contributed by atoms with E-state index in [0.29, 0.717) is 83.3 Å². The minimum atomic E-state index is -3.19. The van der Waals surface area contributed by atoms with E-state index in [1.807, 2.05) is 17.0 Å². The second-order valence-electron chi connectivity index (χ2n) is 27.6.